The normalized spacial score (nSPS) is 11.3. The van der Waals surface area contributed by atoms with E-state index >= 15 is 0 Å². The molecule has 27 heavy (non-hydrogen) atoms. The van der Waals surface area contributed by atoms with Crippen LogP contribution in [0, 0.1) is 0 Å². The van der Waals surface area contributed by atoms with Crippen molar-refractivity contribution >= 4 is 62.1 Å². The van der Waals surface area contributed by atoms with Gasteiger partial charge in [0.1, 0.15) is 11.5 Å². The predicted octanol–water partition coefficient (Wildman–Crippen LogP) is 6.29. The molecule has 0 radical (unpaired) electrons. The van der Waals surface area contributed by atoms with Gasteiger partial charge < -0.3 is 4.74 Å². The highest BCUT2D eigenvalue weighted by Gasteiger charge is 2.17. The molecule has 1 aromatic heterocycles. The van der Waals surface area contributed by atoms with E-state index in [1.165, 1.54) is 48.8 Å². The molecule has 1 N–H and O–H groups in total. The lowest BCUT2D eigenvalue weighted by molar-refractivity contribution is 0.480. The first-order valence-corrected chi connectivity index (χ1v) is 10.3. The Morgan fingerprint density at radius 1 is 0.852 bits per heavy atom. The van der Waals surface area contributed by atoms with Crippen LogP contribution in [-0.4, -0.2) is 13.4 Å². The quantitative estimate of drug-likeness (QED) is 0.482. The number of pyridine rings is 1. The van der Waals surface area contributed by atoms with Gasteiger partial charge in [-0.25, -0.2) is 8.42 Å². The fraction of sp³-hybridized carbons (Fsp3) is 0. The average molecular weight is 464 g/mol. The number of ether oxygens (including phenoxy) is 1. The monoisotopic (exact) mass is 462 g/mol. The number of halogens is 4. The van der Waals surface area contributed by atoms with Gasteiger partial charge in [0, 0.05) is 22.3 Å². The molecule has 5 nitrogen and oxygen atoms in total. The summed E-state index contributed by atoms with van der Waals surface area (Å²) < 4.78 is 33.0. The molecule has 0 atom stereocenters. The van der Waals surface area contributed by atoms with Crippen LogP contribution in [0.5, 0.6) is 11.5 Å². The molecule has 0 bridgehead atoms. The number of aromatic nitrogens is 1. The standard InChI is InChI=1S/C17H10Cl4N2O3S/c18-10-3-11(19)6-15(5-10)27(24,25)23-13-1-2-17(16(21)7-13)26-14-4-12(20)8-22-9-14/h1-9,23H. The van der Waals surface area contributed by atoms with Crippen molar-refractivity contribution in [1.29, 1.82) is 0 Å². The van der Waals surface area contributed by atoms with Crippen molar-refractivity contribution in [2.75, 3.05) is 4.72 Å². The maximum atomic E-state index is 12.5. The zero-order chi connectivity index (χ0) is 19.6. The number of nitrogens with zero attached hydrogens (tertiary/aromatic N) is 1. The van der Waals surface area contributed by atoms with Gasteiger partial charge in [0.2, 0.25) is 0 Å². The van der Waals surface area contributed by atoms with Crippen molar-refractivity contribution in [2.45, 2.75) is 4.90 Å². The van der Waals surface area contributed by atoms with Crippen molar-refractivity contribution in [3.05, 3.63) is 74.9 Å². The molecule has 0 aliphatic heterocycles. The van der Waals surface area contributed by atoms with Gasteiger partial charge in [-0.15, -0.1) is 0 Å². The zero-order valence-corrected chi connectivity index (χ0v) is 17.1. The summed E-state index contributed by atoms with van der Waals surface area (Å²) in [6.45, 7) is 0. The summed E-state index contributed by atoms with van der Waals surface area (Å²) in [6.07, 6.45) is 2.94. The molecule has 3 aromatic rings. The van der Waals surface area contributed by atoms with Crippen LogP contribution in [0.25, 0.3) is 0 Å². The molecule has 0 saturated carbocycles. The second kappa shape index (κ2) is 8.12. The summed E-state index contributed by atoms with van der Waals surface area (Å²) in [7, 11) is -3.90. The second-order valence-electron chi connectivity index (χ2n) is 5.30. The molecular formula is C17H10Cl4N2O3S. The Bertz CT molecular complexity index is 1090. The molecular weight excluding hydrogens is 454 g/mol. The second-order valence-corrected chi connectivity index (χ2v) is 8.70. The number of sulfonamides is 1. The molecule has 0 amide bonds. The van der Waals surface area contributed by atoms with Gasteiger partial charge in [-0.3, -0.25) is 9.71 Å². The first kappa shape index (κ1) is 20.0. The molecule has 0 aliphatic rings. The van der Waals surface area contributed by atoms with E-state index in [1.54, 1.807) is 6.07 Å². The number of nitrogens with one attached hydrogen (secondary N) is 1. The minimum Gasteiger partial charge on any atom is -0.454 e. The summed E-state index contributed by atoms with van der Waals surface area (Å²) in [5, 5.41) is 1.02. The smallest absolute Gasteiger partial charge is 0.261 e. The van der Waals surface area contributed by atoms with Crippen molar-refractivity contribution in [1.82, 2.24) is 4.98 Å². The Hall–Kier alpha value is -1.70. The Morgan fingerprint density at radius 3 is 2.19 bits per heavy atom. The molecule has 0 fully saturated rings. The number of hydrogen-bond acceptors (Lipinski definition) is 4. The van der Waals surface area contributed by atoms with Crippen LogP contribution >= 0.6 is 46.4 Å². The molecule has 0 spiro atoms. The van der Waals surface area contributed by atoms with E-state index in [-0.39, 0.29) is 25.7 Å². The lowest BCUT2D eigenvalue weighted by Crippen LogP contribution is -2.13. The predicted molar refractivity (Wildman–Crippen MR) is 108 cm³/mol. The fourth-order valence-corrected chi connectivity index (χ4v) is 4.28. The Kier molecular flexibility index (Phi) is 6.03. The molecule has 2 aromatic carbocycles. The van der Waals surface area contributed by atoms with Gasteiger partial charge in [-0.05, 0) is 36.4 Å². The summed E-state index contributed by atoms with van der Waals surface area (Å²) >= 11 is 23.8. The van der Waals surface area contributed by atoms with Crippen LogP contribution in [0.4, 0.5) is 5.69 Å². The van der Waals surface area contributed by atoms with E-state index in [2.05, 4.69) is 9.71 Å². The van der Waals surface area contributed by atoms with Gasteiger partial charge in [0.15, 0.2) is 0 Å². The van der Waals surface area contributed by atoms with Crippen LogP contribution in [0.2, 0.25) is 20.1 Å². The molecule has 140 valence electrons. The lowest BCUT2D eigenvalue weighted by atomic mass is 10.3. The molecule has 10 heteroatoms. The van der Waals surface area contributed by atoms with Crippen LogP contribution in [0.1, 0.15) is 0 Å². The third kappa shape index (κ3) is 5.18. The zero-order valence-electron chi connectivity index (χ0n) is 13.3. The SMILES string of the molecule is O=S(=O)(Nc1ccc(Oc2cncc(Cl)c2)c(Cl)c1)c1cc(Cl)cc(Cl)c1. The topological polar surface area (TPSA) is 68.3 Å². The number of benzene rings is 2. The molecule has 3 rings (SSSR count). The van der Waals surface area contributed by atoms with Gasteiger partial charge in [-0.2, -0.15) is 0 Å². The van der Waals surface area contributed by atoms with E-state index in [4.69, 9.17) is 51.1 Å². The summed E-state index contributed by atoms with van der Waals surface area (Å²) in [5.41, 5.74) is 0.243. The van der Waals surface area contributed by atoms with Crippen LogP contribution < -0.4 is 9.46 Å². The Balaban J connectivity index is 1.83. The third-order valence-corrected chi connectivity index (χ3v) is 5.54. The Labute approximate surface area is 175 Å². The lowest BCUT2D eigenvalue weighted by Gasteiger charge is -2.12. The minimum atomic E-state index is -3.90. The highest BCUT2D eigenvalue weighted by molar-refractivity contribution is 7.92. The maximum absolute atomic E-state index is 12.5. The summed E-state index contributed by atoms with van der Waals surface area (Å²) in [4.78, 5) is 3.84. The van der Waals surface area contributed by atoms with Crippen LogP contribution in [0.3, 0.4) is 0 Å². The minimum absolute atomic E-state index is 0.0681. The average Bonchev–Trinajstić information content (AvgIpc) is 2.56. The first-order chi connectivity index (χ1) is 12.7. The highest BCUT2D eigenvalue weighted by Crippen LogP contribution is 2.33. The fourth-order valence-electron chi connectivity index (χ4n) is 2.12. The number of anilines is 1. The van der Waals surface area contributed by atoms with E-state index < -0.39 is 10.0 Å². The van der Waals surface area contributed by atoms with Crippen molar-refractivity contribution in [3.8, 4) is 11.5 Å². The van der Waals surface area contributed by atoms with E-state index in [0.717, 1.165) is 0 Å². The molecule has 0 saturated heterocycles. The molecule has 0 aliphatic carbocycles. The van der Waals surface area contributed by atoms with Crippen molar-refractivity contribution < 1.29 is 13.2 Å². The summed E-state index contributed by atoms with van der Waals surface area (Å²) in [6, 6.07) is 10.0. The summed E-state index contributed by atoms with van der Waals surface area (Å²) in [5.74, 6) is 0.709. The maximum Gasteiger partial charge on any atom is 0.261 e. The highest BCUT2D eigenvalue weighted by atomic mass is 35.5. The molecule has 0 unspecified atom stereocenters. The molecule has 1 heterocycles. The van der Waals surface area contributed by atoms with Gasteiger partial charge in [0.25, 0.3) is 10.0 Å². The first-order valence-electron chi connectivity index (χ1n) is 7.30. The van der Waals surface area contributed by atoms with Gasteiger partial charge >= 0.3 is 0 Å². The largest absolute Gasteiger partial charge is 0.454 e. The van der Waals surface area contributed by atoms with Crippen LogP contribution in [-0.2, 0) is 10.0 Å². The van der Waals surface area contributed by atoms with E-state index in [0.29, 0.717) is 16.5 Å². The van der Waals surface area contributed by atoms with Crippen molar-refractivity contribution in [3.63, 3.8) is 0 Å². The van der Waals surface area contributed by atoms with Gasteiger partial charge in [0.05, 0.1) is 26.8 Å². The number of hydrogen-bond donors (Lipinski definition) is 1. The van der Waals surface area contributed by atoms with E-state index in [9.17, 15) is 8.42 Å². The Morgan fingerprint density at radius 2 is 1.56 bits per heavy atom. The third-order valence-electron chi connectivity index (χ3n) is 3.24. The van der Waals surface area contributed by atoms with Crippen LogP contribution in [0.15, 0.2) is 59.8 Å². The number of rotatable bonds is 5. The van der Waals surface area contributed by atoms with E-state index in [1.807, 2.05) is 0 Å². The van der Waals surface area contributed by atoms with Crippen molar-refractivity contribution in [2.24, 2.45) is 0 Å². The van der Waals surface area contributed by atoms with Gasteiger partial charge in [-0.1, -0.05) is 46.4 Å².